The molecule has 1 amide bonds. The Morgan fingerprint density at radius 2 is 2.28 bits per heavy atom. The number of halogens is 2. The van der Waals surface area contributed by atoms with E-state index in [2.05, 4.69) is 37.2 Å². The van der Waals surface area contributed by atoms with E-state index in [9.17, 15) is 4.79 Å². The molecule has 1 N–H and O–H groups in total. The third-order valence-corrected chi connectivity index (χ3v) is 5.66. The van der Waals surface area contributed by atoms with Gasteiger partial charge in [0.25, 0.3) is 5.91 Å². The number of ether oxygens (including phenoxy) is 1. The molecule has 100 valence electrons. The Labute approximate surface area is 128 Å². The number of carbonyl (C=O) groups is 1. The Hall–Kier alpha value is 0.0900. The SMILES string of the molecule is COCCC1(CNC(=O)c2cc(Br)sc2Br)CC1. The van der Waals surface area contributed by atoms with Crippen LogP contribution in [0.4, 0.5) is 0 Å². The second kappa shape index (κ2) is 6.03. The predicted molar refractivity (Wildman–Crippen MR) is 80.2 cm³/mol. The van der Waals surface area contributed by atoms with Crippen LogP contribution in [0.2, 0.25) is 0 Å². The molecule has 1 aliphatic rings. The summed E-state index contributed by atoms with van der Waals surface area (Å²) in [5.41, 5.74) is 0.986. The van der Waals surface area contributed by atoms with Crippen molar-refractivity contribution >= 4 is 49.1 Å². The normalized spacial score (nSPS) is 16.6. The fraction of sp³-hybridized carbons (Fsp3) is 0.583. The summed E-state index contributed by atoms with van der Waals surface area (Å²) in [6, 6.07) is 1.85. The molecule has 0 aromatic carbocycles. The summed E-state index contributed by atoms with van der Waals surface area (Å²) in [5.74, 6) is -0.00693. The lowest BCUT2D eigenvalue weighted by molar-refractivity contribution is 0.0937. The number of carbonyl (C=O) groups excluding carboxylic acids is 1. The molecule has 1 fully saturated rings. The highest BCUT2D eigenvalue weighted by atomic mass is 79.9. The van der Waals surface area contributed by atoms with Crippen LogP contribution in [0.15, 0.2) is 13.6 Å². The zero-order valence-electron chi connectivity index (χ0n) is 10.1. The smallest absolute Gasteiger partial charge is 0.253 e. The number of nitrogens with one attached hydrogen (secondary N) is 1. The lowest BCUT2D eigenvalue weighted by atomic mass is 10.0. The summed E-state index contributed by atoms with van der Waals surface area (Å²) in [6.45, 7) is 1.51. The fourth-order valence-electron chi connectivity index (χ4n) is 1.87. The third-order valence-electron chi connectivity index (χ3n) is 3.32. The predicted octanol–water partition coefficient (Wildman–Crippen LogP) is 3.82. The Morgan fingerprint density at radius 1 is 1.56 bits per heavy atom. The zero-order chi connectivity index (χ0) is 13.2. The maximum Gasteiger partial charge on any atom is 0.253 e. The summed E-state index contributed by atoms with van der Waals surface area (Å²) in [5, 5.41) is 3.03. The molecule has 0 bridgehead atoms. The molecule has 1 aliphatic carbocycles. The van der Waals surface area contributed by atoms with Crippen LogP contribution in [0.5, 0.6) is 0 Å². The molecule has 6 heteroatoms. The fourth-order valence-corrected chi connectivity index (χ4v) is 4.66. The first-order valence-electron chi connectivity index (χ1n) is 5.78. The van der Waals surface area contributed by atoms with Crippen LogP contribution in [-0.2, 0) is 4.74 Å². The minimum Gasteiger partial charge on any atom is -0.385 e. The summed E-state index contributed by atoms with van der Waals surface area (Å²) >= 11 is 8.30. The van der Waals surface area contributed by atoms with Crippen molar-refractivity contribution in [2.75, 3.05) is 20.3 Å². The van der Waals surface area contributed by atoms with Gasteiger partial charge in [-0.05, 0) is 62.6 Å². The monoisotopic (exact) mass is 395 g/mol. The molecular weight excluding hydrogens is 382 g/mol. The van der Waals surface area contributed by atoms with Gasteiger partial charge in [-0.3, -0.25) is 4.79 Å². The van der Waals surface area contributed by atoms with Crippen LogP contribution in [0.1, 0.15) is 29.6 Å². The van der Waals surface area contributed by atoms with Crippen molar-refractivity contribution in [1.29, 1.82) is 0 Å². The molecular formula is C12H15Br2NO2S. The number of rotatable bonds is 6. The minimum absolute atomic E-state index is 0.00693. The van der Waals surface area contributed by atoms with Gasteiger partial charge in [-0.1, -0.05) is 0 Å². The van der Waals surface area contributed by atoms with Crippen molar-refractivity contribution in [2.24, 2.45) is 5.41 Å². The molecule has 1 aromatic rings. The van der Waals surface area contributed by atoms with Crippen LogP contribution in [0.3, 0.4) is 0 Å². The van der Waals surface area contributed by atoms with E-state index >= 15 is 0 Å². The summed E-state index contributed by atoms with van der Waals surface area (Å²) in [7, 11) is 1.72. The summed E-state index contributed by atoms with van der Waals surface area (Å²) in [6.07, 6.45) is 3.40. The lowest BCUT2D eigenvalue weighted by Crippen LogP contribution is -2.30. The summed E-state index contributed by atoms with van der Waals surface area (Å²) in [4.78, 5) is 12.0. The first-order chi connectivity index (χ1) is 8.56. The minimum atomic E-state index is -0.00693. The molecule has 18 heavy (non-hydrogen) atoms. The number of methoxy groups -OCH3 is 1. The highest BCUT2D eigenvalue weighted by Crippen LogP contribution is 2.48. The Kier molecular flexibility index (Phi) is 4.86. The molecule has 1 aromatic heterocycles. The number of hydrogen-bond acceptors (Lipinski definition) is 3. The van der Waals surface area contributed by atoms with E-state index < -0.39 is 0 Å². The van der Waals surface area contributed by atoms with Crippen molar-refractivity contribution in [3.63, 3.8) is 0 Å². The van der Waals surface area contributed by atoms with Crippen LogP contribution in [-0.4, -0.2) is 26.2 Å². The molecule has 1 saturated carbocycles. The second-order valence-electron chi connectivity index (χ2n) is 4.66. The van der Waals surface area contributed by atoms with Crippen molar-refractivity contribution in [3.8, 4) is 0 Å². The van der Waals surface area contributed by atoms with E-state index in [1.807, 2.05) is 6.07 Å². The number of amides is 1. The molecule has 0 saturated heterocycles. The quantitative estimate of drug-likeness (QED) is 0.793. The van der Waals surface area contributed by atoms with Gasteiger partial charge < -0.3 is 10.1 Å². The van der Waals surface area contributed by atoms with Gasteiger partial charge >= 0.3 is 0 Å². The van der Waals surface area contributed by atoms with Gasteiger partial charge in [0.1, 0.15) is 0 Å². The third kappa shape index (κ3) is 3.56. The molecule has 0 atom stereocenters. The highest BCUT2D eigenvalue weighted by Gasteiger charge is 2.42. The first kappa shape index (κ1) is 14.5. The van der Waals surface area contributed by atoms with Crippen LogP contribution in [0.25, 0.3) is 0 Å². The van der Waals surface area contributed by atoms with E-state index in [0.717, 1.165) is 27.1 Å². The second-order valence-corrected chi connectivity index (χ2v) is 8.41. The zero-order valence-corrected chi connectivity index (χ0v) is 14.1. The van der Waals surface area contributed by atoms with Crippen molar-refractivity contribution in [2.45, 2.75) is 19.3 Å². The average molecular weight is 397 g/mol. The Balaban J connectivity index is 1.87. The van der Waals surface area contributed by atoms with E-state index in [1.54, 1.807) is 7.11 Å². The van der Waals surface area contributed by atoms with Gasteiger partial charge in [0.2, 0.25) is 0 Å². The maximum absolute atomic E-state index is 12.0. The molecule has 0 aliphatic heterocycles. The summed E-state index contributed by atoms with van der Waals surface area (Å²) < 4.78 is 6.93. The largest absolute Gasteiger partial charge is 0.385 e. The van der Waals surface area contributed by atoms with Crippen molar-refractivity contribution < 1.29 is 9.53 Å². The topological polar surface area (TPSA) is 38.3 Å². The average Bonchev–Trinajstić information content (AvgIpc) is 3.03. The lowest BCUT2D eigenvalue weighted by Gasteiger charge is -2.15. The van der Waals surface area contributed by atoms with Gasteiger partial charge in [-0.15, -0.1) is 11.3 Å². The van der Waals surface area contributed by atoms with Gasteiger partial charge in [-0.2, -0.15) is 0 Å². The van der Waals surface area contributed by atoms with E-state index in [4.69, 9.17) is 4.74 Å². The van der Waals surface area contributed by atoms with Crippen LogP contribution in [0, 0.1) is 5.41 Å². The highest BCUT2D eigenvalue weighted by molar-refractivity contribution is 9.12. The molecule has 1 heterocycles. The van der Waals surface area contributed by atoms with Gasteiger partial charge in [0, 0.05) is 20.3 Å². The van der Waals surface area contributed by atoms with E-state index in [1.165, 1.54) is 24.2 Å². The van der Waals surface area contributed by atoms with Crippen LogP contribution >= 0.6 is 43.2 Å². The maximum atomic E-state index is 12.0. The number of thiophene rings is 1. The van der Waals surface area contributed by atoms with Crippen molar-refractivity contribution in [1.82, 2.24) is 5.32 Å². The Bertz CT molecular complexity index is 443. The standard InChI is InChI=1S/C12H15Br2NO2S/c1-17-5-4-12(2-3-12)7-15-11(16)8-6-9(13)18-10(8)14/h6H,2-5,7H2,1H3,(H,15,16). The van der Waals surface area contributed by atoms with Gasteiger partial charge in [0.15, 0.2) is 0 Å². The molecule has 0 radical (unpaired) electrons. The molecule has 0 unspecified atom stereocenters. The van der Waals surface area contributed by atoms with Crippen molar-refractivity contribution in [3.05, 3.63) is 19.2 Å². The van der Waals surface area contributed by atoms with Gasteiger partial charge in [-0.25, -0.2) is 0 Å². The van der Waals surface area contributed by atoms with E-state index in [-0.39, 0.29) is 11.3 Å². The molecule has 2 rings (SSSR count). The number of hydrogen-bond donors (Lipinski definition) is 1. The van der Waals surface area contributed by atoms with Gasteiger partial charge in [0.05, 0.1) is 13.1 Å². The van der Waals surface area contributed by atoms with Crippen LogP contribution < -0.4 is 5.32 Å². The Morgan fingerprint density at radius 3 is 2.78 bits per heavy atom. The molecule has 0 spiro atoms. The van der Waals surface area contributed by atoms with E-state index in [0.29, 0.717) is 5.56 Å². The molecule has 3 nitrogen and oxygen atoms in total. The first-order valence-corrected chi connectivity index (χ1v) is 8.18.